The van der Waals surface area contributed by atoms with Crippen LogP contribution in [0.1, 0.15) is 35.3 Å². The fourth-order valence-corrected chi connectivity index (χ4v) is 4.38. The molecule has 0 aliphatic carbocycles. The molecule has 0 saturated heterocycles. The Morgan fingerprint density at radius 1 is 1.35 bits per heavy atom. The highest BCUT2D eigenvalue weighted by Crippen LogP contribution is 2.32. The Hall–Kier alpha value is -0.550. The maximum Gasteiger partial charge on any atom is 0.103 e. The number of hydrogen-bond acceptors (Lipinski definition) is 4. The standard InChI is InChI=1S/C15H19ClN2S2/c1-10(2)15-13(8-17-3)20-14(18-15)9-19-12-7-5-4-6-11(12)16/h4-7,10,17H,8-9H2,1-3H3. The molecule has 2 rings (SSSR count). The number of halogens is 1. The van der Waals surface area contributed by atoms with Gasteiger partial charge in [-0.2, -0.15) is 0 Å². The van der Waals surface area contributed by atoms with E-state index in [-0.39, 0.29) is 0 Å². The molecule has 108 valence electrons. The Morgan fingerprint density at radius 3 is 2.75 bits per heavy atom. The lowest BCUT2D eigenvalue weighted by Crippen LogP contribution is -2.06. The molecule has 0 saturated carbocycles. The normalized spacial score (nSPS) is 11.2. The third-order valence-corrected chi connectivity index (χ3v) is 5.62. The molecular formula is C15H19ClN2S2. The van der Waals surface area contributed by atoms with Crippen molar-refractivity contribution in [3.05, 3.63) is 44.9 Å². The third-order valence-electron chi connectivity index (χ3n) is 2.84. The predicted molar refractivity (Wildman–Crippen MR) is 90.0 cm³/mol. The molecule has 0 aliphatic rings. The summed E-state index contributed by atoms with van der Waals surface area (Å²) in [6.07, 6.45) is 0. The summed E-state index contributed by atoms with van der Waals surface area (Å²) >= 11 is 9.73. The zero-order valence-corrected chi connectivity index (χ0v) is 14.3. The van der Waals surface area contributed by atoms with Crippen LogP contribution in [-0.4, -0.2) is 12.0 Å². The zero-order valence-electron chi connectivity index (χ0n) is 11.9. The van der Waals surface area contributed by atoms with Crippen LogP contribution in [0, 0.1) is 0 Å². The number of thioether (sulfide) groups is 1. The molecule has 5 heteroatoms. The molecule has 1 aromatic carbocycles. The number of aromatic nitrogens is 1. The van der Waals surface area contributed by atoms with E-state index < -0.39 is 0 Å². The van der Waals surface area contributed by atoms with Crippen LogP contribution >= 0.6 is 34.7 Å². The first-order valence-corrected chi connectivity index (χ1v) is 8.80. The average Bonchev–Trinajstić information content (AvgIpc) is 2.82. The van der Waals surface area contributed by atoms with Crippen LogP contribution in [0.5, 0.6) is 0 Å². The van der Waals surface area contributed by atoms with E-state index in [9.17, 15) is 0 Å². The lowest BCUT2D eigenvalue weighted by atomic mass is 10.1. The maximum atomic E-state index is 6.18. The first kappa shape index (κ1) is 15.8. The molecule has 2 nitrogen and oxygen atoms in total. The number of rotatable bonds is 6. The fourth-order valence-electron chi connectivity index (χ4n) is 1.92. The topological polar surface area (TPSA) is 24.9 Å². The lowest BCUT2D eigenvalue weighted by molar-refractivity contribution is 0.769. The molecule has 1 heterocycles. The maximum absolute atomic E-state index is 6.18. The summed E-state index contributed by atoms with van der Waals surface area (Å²) in [6, 6.07) is 7.95. The van der Waals surface area contributed by atoms with Crippen LogP contribution in [0.4, 0.5) is 0 Å². The van der Waals surface area contributed by atoms with Crippen molar-refractivity contribution in [2.45, 2.75) is 37.0 Å². The predicted octanol–water partition coefficient (Wildman–Crippen LogP) is 4.93. The van der Waals surface area contributed by atoms with E-state index in [0.29, 0.717) is 5.92 Å². The average molecular weight is 327 g/mol. The molecule has 0 aliphatic heterocycles. The van der Waals surface area contributed by atoms with E-state index in [1.54, 1.807) is 23.1 Å². The fraction of sp³-hybridized carbons (Fsp3) is 0.400. The van der Waals surface area contributed by atoms with Crippen molar-refractivity contribution in [2.24, 2.45) is 0 Å². The Labute approximate surface area is 134 Å². The lowest BCUT2D eigenvalue weighted by Gasteiger charge is -2.03. The van der Waals surface area contributed by atoms with Crippen molar-refractivity contribution < 1.29 is 0 Å². The number of nitrogens with one attached hydrogen (secondary N) is 1. The molecule has 0 bridgehead atoms. The Kier molecular flexibility index (Phi) is 5.90. The van der Waals surface area contributed by atoms with Gasteiger partial charge in [0, 0.05) is 16.3 Å². The van der Waals surface area contributed by atoms with Crippen LogP contribution in [-0.2, 0) is 12.3 Å². The zero-order chi connectivity index (χ0) is 14.5. The summed E-state index contributed by atoms with van der Waals surface area (Å²) in [6.45, 7) is 5.28. The van der Waals surface area contributed by atoms with Gasteiger partial charge in [-0.15, -0.1) is 23.1 Å². The quantitative estimate of drug-likeness (QED) is 0.762. The van der Waals surface area contributed by atoms with Crippen LogP contribution in [0.3, 0.4) is 0 Å². The van der Waals surface area contributed by atoms with Gasteiger partial charge in [-0.1, -0.05) is 37.6 Å². The van der Waals surface area contributed by atoms with Gasteiger partial charge in [0.05, 0.1) is 16.5 Å². The molecule has 0 fully saturated rings. The molecule has 0 unspecified atom stereocenters. The second-order valence-electron chi connectivity index (χ2n) is 4.82. The van der Waals surface area contributed by atoms with Crippen molar-refractivity contribution >= 4 is 34.7 Å². The van der Waals surface area contributed by atoms with Crippen LogP contribution in [0.2, 0.25) is 5.02 Å². The number of nitrogens with zero attached hydrogens (tertiary/aromatic N) is 1. The Morgan fingerprint density at radius 2 is 2.10 bits per heavy atom. The van der Waals surface area contributed by atoms with Gasteiger partial charge in [-0.25, -0.2) is 4.98 Å². The molecule has 1 N–H and O–H groups in total. The molecule has 20 heavy (non-hydrogen) atoms. The largest absolute Gasteiger partial charge is 0.315 e. The smallest absolute Gasteiger partial charge is 0.103 e. The number of thiazole rings is 1. The van der Waals surface area contributed by atoms with Gasteiger partial charge in [0.15, 0.2) is 0 Å². The molecule has 1 aromatic heterocycles. The second kappa shape index (κ2) is 7.46. The van der Waals surface area contributed by atoms with E-state index in [1.807, 2.05) is 25.2 Å². The Bertz CT molecular complexity index is 567. The monoisotopic (exact) mass is 326 g/mol. The summed E-state index contributed by atoms with van der Waals surface area (Å²) in [4.78, 5) is 7.25. The first-order valence-electron chi connectivity index (χ1n) is 6.62. The highest BCUT2D eigenvalue weighted by atomic mass is 35.5. The van der Waals surface area contributed by atoms with Crippen LogP contribution in [0.25, 0.3) is 0 Å². The minimum atomic E-state index is 0.466. The van der Waals surface area contributed by atoms with Gasteiger partial charge in [-0.3, -0.25) is 0 Å². The summed E-state index contributed by atoms with van der Waals surface area (Å²) in [7, 11) is 1.97. The van der Waals surface area contributed by atoms with Crippen molar-refractivity contribution in [2.75, 3.05) is 7.05 Å². The first-order chi connectivity index (χ1) is 9.61. The molecule has 0 atom stereocenters. The SMILES string of the molecule is CNCc1sc(CSc2ccccc2Cl)nc1C(C)C. The van der Waals surface area contributed by atoms with E-state index in [2.05, 4.69) is 25.2 Å². The molecule has 2 aromatic rings. The molecule has 0 amide bonds. The minimum Gasteiger partial charge on any atom is -0.315 e. The third kappa shape index (κ3) is 3.98. The minimum absolute atomic E-state index is 0.466. The molecule has 0 radical (unpaired) electrons. The summed E-state index contributed by atoms with van der Waals surface area (Å²) in [5.74, 6) is 1.34. The van der Waals surface area contributed by atoms with Gasteiger partial charge in [0.1, 0.15) is 5.01 Å². The highest BCUT2D eigenvalue weighted by molar-refractivity contribution is 7.98. The Balaban J connectivity index is 2.10. The second-order valence-corrected chi connectivity index (χ2v) is 7.41. The van der Waals surface area contributed by atoms with Crippen molar-refractivity contribution in [3.63, 3.8) is 0 Å². The van der Waals surface area contributed by atoms with Crippen molar-refractivity contribution in [1.82, 2.24) is 10.3 Å². The van der Waals surface area contributed by atoms with E-state index >= 15 is 0 Å². The van der Waals surface area contributed by atoms with E-state index in [1.165, 1.54) is 15.6 Å². The van der Waals surface area contributed by atoms with Gasteiger partial charge < -0.3 is 5.32 Å². The van der Waals surface area contributed by atoms with Crippen molar-refractivity contribution in [3.8, 4) is 0 Å². The summed E-state index contributed by atoms with van der Waals surface area (Å²) < 4.78 is 0. The number of benzene rings is 1. The molecule has 0 spiro atoms. The van der Waals surface area contributed by atoms with E-state index in [4.69, 9.17) is 16.6 Å². The van der Waals surface area contributed by atoms with Gasteiger partial charge in [0.25, 0.3) is 0 Å². The summed E-state index contributed by atoms with van der Waals surface area (Å²) in [5.41, 5.74) is 1.22. The van der Waals surface area contributed by atoms with Crippen molar-refractivity contribution in [1.29, 1.82) is 0 Å². The van der Waals surface area contributed by atoms with Crippen LogP contribution < -0.4 is 5.32 Å². The highest BCUT2D eigenvalue weighted by Gasteiger charge is 2.14. The van der Waals surface area contributed by atoms with E-state index in [0.717, 1.165) is 22.2 Å². The van der Waals surface area contributed by atoms with Crippen LogP contribution in [0.15, 0.2) is 29.2 Å². The summed E-state index contributed by atoms with van der Waals surface area (Å²) in [5, 5.41) is 5.20. The van der Waals surface area contributed by atoms with Gasteiger partial charge in [-0.05, 0) is 25.1 Å². The van der Waals surface area contributed by atoms with Gasteiger partial charge in [0.2, 0.25) is 0 Å². The number of hydrogen-bond donors (Lipinski definition) is 1. The van der Waals surface area contributed by atoms with Gasteiger partial charge >= 0.3 is 0 Å². The molecular weight excluding hydrogens is 308 g/mol.